The van der Waals surface area contributed by atoms with Crippen LogP contribution in [0.15, 0.2) is 53.0 Å². The third-order valence-electron chi connectivity index (χ3n) is 4.46. The van der Waals surface area contributed by atoms with Crippen LogP contribution in [0, 0.1) is 32.1 Å². The van der Waals surface area contributed by atoms with E-state index in [1.54, 1.807) is 0 Å². The second kappa shape index (κ2) is 7.53. The van der Waals surface area contributed by atoms with Crippen LogP contribution < -0.4 is 0 Å². The van der Waals surface area contributed by atoms with E-state index in [-0.39, 0.29) is 0 Å². The molecule has 3 aromatic rings. The van der Waals surface area contributed by atoms with Crippen LogP contribution in [0.5, 0.6) is 0 Å². The SMILES string of the molecule is Cc1ccc(-n2c(C)cc(/C=C(/C#N)c3ccc(Br)cc3)c2C)cc1Cl. The molecule has 0 amide bonds. The molecule has 3 rings (SSSR count). The van der Waals surface area contributed by atoms with Crippen molar-refractivity contribution in [2.24, 2.45) is 0 Å². The first-order valence-electron chi connectivity index (χ1n) is 8.24. The number of hydrogen-bond donors (Lipinski definition) is 0. The lowest BCUT2D eigenvalue weighted by Gasteiger charge is -2.11. The Morgan fingerprint density at radius 2 is 1.77 bits per heavy atom. The van der Waals surface area contributed by atoms with E-state index in [4.69, 9.17) is 11.6 Å². The fraction of sp³-hybridized carbons (Fsp3) is 0.136. The molecule has 0 saturated carbocycles. The molecule has 0 radical (unpaired) electrons. The summed E-state index contributed by atoms with van der Waals surface area (Å²) >= 11 is 9.73. The number of aromatic nitrogens is 1. The van der Waals surface area contributed by atoms with Gasteiger partial charge in [-0.25, -0.2) is 0 Å². The van der Waals surface area contributed by atoms with Gasteiger partial charge in [-0.15, -0.1) is 0 Å². The molecule has 130 valence electrons. The maximum atomic E-state index is 9.61. The van der Waals surface area contributed by atoms with E-state index in [1.165, 1.54) is 0 Å². The number of allylic oxidation sites excluding steroid dienone is 1. The average Bonchev–Trinajstić information content (AvgIpc) is 2.90. The zero-order chi connectivity index (χ0) is 18.8. The first-order chi connectivity index (χ1) is 12.4. The summed E-state index contributed by atoms with van der Waals surface area (Å²) in [6, 6.07) is 18.2. The summed E-state index contributed by atoms with van der Waals surface area (Å²) in [6.45, 7) is 6.11. The zero-order valence-electron chi connectivity index (χ0n) is 14.8. The van der Waals surface area contributed by atoms with Crippen LogP contribution >= 0.6 is 27.5 Å². The molecule has 26 heavy (non-hydrogen) atoms. The topological polar surface area (TPSA) is 28.7 Å². The number of rotatable bonds is 3. The van der Waals surface area contributed by atoms with Gasteiger partial charge in [0.25, 0.3) is 0 Å². The average molecular weight is 426 g/mol. The highest BCUT2D eigenvalue weighted by atomic mass is 79.9. The molecule has 0 N–H and O–H groups in total. The molecule has 0 bridgehead atoms. The standard InChI is InChI=1S/C22H18BrClN2/c1-14-4-9-21(12-22(14)24)26-15(2)10-18(16(26)3)11-19(13-25)17-5-7-20(23)8-6-17/h4-12H,1-3H3/b19-11-. The number of benzene rings is 2. The Kier molecular flexibility index (Phi) is 5.36. The monoisotopic (exact) mass is 424 g/mol. The maximum Gasteiger partial charge on any atom is 0.0998 e. The molecule has 1 heterocycles. The smallest absolute Gasteiger partial charge is 0.0998 e. The highest BCUT2D eigenvalue weighted by Crippen LogP contribution is 2.27. The van der Waals surface area contributed by atoms with Gasteiger partial charge in [0.05, 0.1) is 11.6 Å². The summed E-state index contributed by atoms with van der Waals surface area (Å²) in [5.74, 6) is 0. The molecule has 0 aliphatic heterocycles. The lowest BCUT2D eigenvalue weighted by molar-refractivity contribution is 0.963. The Balaban J connectivity index is 2.08. The van der Waals surface area contributed by atoms with E-state index in [1.807, 2.05) is 49.4 Å². The first kappa shape index (κ1) is 18.5. The predicted molar refractivity (Wildman–Crippen MR) is 113 cm³/mol. The summed E-state index contributed by atoms with van der Waals surface area (Å²) < 4.78 is 3.15. The fourth-order valence-corrected chi connectivity index (χ4v) is 3.46. The number of nitriles is 1. The zero-order valence-corrected chi connectivity index (χ0v) is 17.2. The van der Waals surface area contributed by atoms with Crippen LogP contribution in [0.25, 0.3) is 17.3 Å². The molecule has 1 aromatic heterocycles. The molecule has 0 aliphatic carbocycles. The van der Waals surface area contributed by atoms with Gasteiger partial charge < -0.3 is 4.57 Å². The molecule has 0 aliphatic rings. The molecule has 2 aromatic carbocycles. The largest absolute Gasteiger partial charge is 0.318 e. The van der Waals surface area contributed by atoms with E-state index in [0.717, 1.165) is 43.3 Å². The highest BCUT2D eigenvalue weighted by molar-refractivity contribution is 9.10. The molecule has 2 nitrogen and oxygen atoms in total. The Hall–Kier alpha value is -2.28. The van der Waals surface area contributed by atoms with E-state index in [9.17, 15) is 5.26 Å². The van der Waals surface area contributed by atoms with Gasteiger partial charge in [0.2, 0.25) is 0 Å². The number of nitrogens with zero attached hydrogens (tertiary/aromatic N) is 2. The number of aryl methyl sites for hydroxylation is 2. The highest BCUT2D eigenvalue weighted by Gasteiger charge is 2.12. The Morgan fingerprint density at radius 3 is 2.38 bits per heavy atom. The van der Waals surface area contributed by atoms with E-state index in [0.29, 0.717) is 5.57 Å². The summed E-state index contributed by atoms with van der Waals surface area (Å²) in [5, 5.41) is 10.4. The predicted octanol–water partition coefficient (Wildman–Crippen LogP) is 6.88. The van der Waals surface area contributed by atoms with Crippen molar-refractivity contribution in [2.45, 2.75) is 20.8 Å². The second-order valence-electron chi connectivity index (χ2n) is 6.27. The van der Waals surface area contributed by atoms with Crippen molar-refractivity contribution in [3.63, 3.8) is 0 Å². The minimum Gasteiger partial charge on any atom is -0.318 e. The summed E-state index contributed by atoms with van der Waals surface area (Å²) in [7, 11) is 0. The van der Waals surface area contributed by atoms with Crippen LogP contribution in [0.3, 0.4) is 0 Å². The first-order valence-corrected chi connectivity index (χ1v) is 9.41. The molecule has 4 heteroatoms. The second-order valence-corrected chi connectivity index (χ2v) is 7.59. The minimum atomic E-state index is 0.639. The lowest BCUT2D eigenvalue weighted by Crippen LogP contribution is -1.99. The van der Waals surface area contributed by atoms with Crippen LogP contribution in [0.2, 0.25) is 5.02 Å². The third kappa shape index (κ3) is 3.62. The van der Waals surface area contributed by atoms with Crippen LogP contribution in [-0.4, -0.2) is 4.57 Å². The van der Waals surface area contributed by atoms with Gasteiger partial charge in [0, 0.05) is 26.6 Å². The van der Waals surface area contributed by atoms with Crippen molar-refractivity contribution >= 4 is 39.2 Å². The maximum absolute atomic E-state index is 9.61. The summed E-state index contributed by atoms with van der Waals surface area (Å²) in [4.78, 5) is 0. The van der Waals surface area contributed by atoms with Crippen LogP contribution in [0.1, 0.15) is 28.1 Å². The van der Waals surface area contributed by atoms with Gasteiger partial charge in [-0.1, -0.05) is 45.7 Å². The quantitative estimate of drug-likeness (QED) is 0.420. The molecular formula is C22H18BrClN2. The van der Waals surface area contributed by atoms with Crippen molar-refractivity contribution in [1.82, 2.24) is 4.57 Å². The minimum absolute atomic E-state index is 0.639. The van der Waals surface area contributed by atoms with E-state index < -0.39 is 0 Å². The molecular weight excluding hydrogens is 408 g/mol. The van der Waals surface area contributed by atoms with Crippen molar-refractivity contribution in [3.8, 4) is 11.8 Å². The van der Waals surface area contributed by atoms with Crippen molar-refractivity contribution in [3.05, 3.63) is 86.1 Å². The molecule has 0 spiro atoms. The van der Waals surface area contributed by atoms with Gasteiger partial charge in [-0.05, 0) is 73.9 Å². The van der Waals surface area contributed by atoms with Crippen LogP contribution in [0.4, 0.5) is 0 Å². The molecule has 0 unspecified atom stereocenters. The molecule has 0 fully saturated rings. The van der Waals surface area contributed by atoms with Crippen molar-refractivity contribution in [1.29, 1.82) is 5.26 Å². The number of hydrogen-bond acceptors (Lipinski definition) is 1. The van der Waals surface area contributed by atoms with Gasteiger partial charge in [-0.2, -0.15) is 5.26 Å². The third-order valence-corrected chi connectivity index (χ3v) is 5.40. The molecule has 0 saturated heterocycles. The fourth-order valence-electron chi connectivity index (χ4n) is 3.02. The van der Waals surface area contributed by atoms with Crippen LogP contribution in [-0.2, 0) is 0 Å². The Morgan fingerprint density at radius 1 is 1.08 bits per heavy atom. The van der Waals surface area contributed by atoms with Gasteiger partial charge >= 0.3 is 0 Å². The van der Waals surface area contributed by atoms with Gasteiger partial charge in [0.1, 0.15) is 0 Å². The lowest BCUT2D eigenvalue weighted by atomic mass is 10.0. The normalized spacial score (nSPS) is 11.5. The summed E-state index contributed by atoms with van der Waals surface area (Å²) in [6.07, 6.45) is 1.94. The molecule has 0 atom stereocenters. The summed E-state index contributed by atoms with van der Waals surface area (Å²) in [5.41, 5.74) is 6.82. The van der Waals surface area contributed by atoms with Crippen molar-refractivity contribution < 1.29 is 0 Å². The van der Waals surface area contributed by atoms with E-state index >= 15 is 0 Å². The van der Waals surface area contributed by atoms with Crippen molar-refractivity contribution in [2.75, 3.05) is 0 Å². The Labute approximate surface area is 167 Å². The number of halogens is 2. The van der Waals surface area contributed by atoms with Gasteiger partial charge in [0.15, 0.2) is 0 Å². The van der Waals surface area contributed by atoms with Gasteiger partial charge in [-0.3, -0.25) is 0 Å². The Bertz CT molecular complexity index is 1040. The van der Waals surface area contributed by atoms with E-state index in [2.05, 4.69) is 52.5 Å².